The Morgan fingerprint density at radius 3 is 2.70 bits per heavy atom. The lowest BCUT2D eigenvalue weighted by atomic mass is 10.1. The molecule has 0 radical (unpaired) electrons. The van der Waals surface area contributed by atoms with E-state index in [-0.39, 0.29) is 35.0 Å². The summed E-state index contributed by atoms with van der Waals surface area (Å²) in [5, 5.41) is 3.04. The van der Waals surface area contributed by atoms with E-state index in [1.54, 1.807) is 25.2 Å². The van der Waals surface area contributed by atoms with Crippen molar-refractivity contribution in [2.45, 2.75) is 18.9 Å². The van der Waals surface area contributed by atoms with Crippen LogP contribution in [-0.4, -0.2) is 60.3 Å². The van der Waals surface area contributed by atoms with E-state index in [1.165, 1.54) is 23.4 Å². The van der Waals surface area contributed by atoms with Crippen molar-refractivity contribution < 1.29 is 17.6 Å². The third-order valence-electron chi connectivity index (χ3n) is 4.61. The number of halogens is 1. The molecule has 1 saturated heterocycles. The summed E-state index contributed by atoms with van der Waals surface area (Å²) in [5.41, 5.74) is 0.763. The molecule has 144 valence electrons. The predicted octanol–water partition coefficient (Wildman–Crippen LogP) is 1.53. The molecule has 2 heterocycles. The third-order valence-corrected chi connectivity index (χ3v) is 6.36. The molecule has 1 aromatic heterocycles. The van der Waals surface area contributed by atoms with Gasteiger partial charge in [-0.05, 0) is 24.5 Å². The van der Waals surface area contributed by atoms with Crippen molar-refractivity contribution in [1.29, 1.82) is 0 Å². The normalized spacial score (nSPS) is 18.2. The molecule has 1 N–H and O–H groups in total. The third kappa shape index (κ3) is 4.79. The van der Waals surface area contributed by atoms with Crippen LogP contribution in [-0.2, 0) is 16.3 Å². The second-order valence-electron chi connectivity index (χ2n) is 6.53. The number of carbonyl (C=O) groups is 1. The first-order chi connectivity index (χ1) is 12.9. The van der Waals surface area contributed by atoms with E-state index < -0.39 is 9.84 Å². The Morgan fingerprint density at radius 2 is 2.07 bits per heavy atom. The van der Waals surface area contributed by atoms with Gasteiger partial charge in [-0.2, -0.15) is 0 Å². The van der Waals surface area contributed by atoms with E-state index >= 15 is 0 Å². The molecule has 0 aliphatic carbocycles. The SMILES string of the molecule is CN(C(=O)c1cnc(NCCc2ccccc2F)cn1)C1CCS(=O)(=O)C1. The van der Waals surface area contributed by atoms with E-state index in [9.17, 15) is 17.6 Å². The van der Waals surface area contributed by atoms with Crippen LogP contribution in [0.15, 0.2) is 36.7 Å². The summed E-state index contributed by atoms with van der Waals surface area (Å²) >= 11 is 0. The number of amides is 1. The number of anilines is 1. The Kier molecular flexibility index (Phi) is 5.69. The summed E-state index contributed by atoms with van der Waals surface area (Å²) in [5.74, 6) is -0.0377. The molecule has 1 unspecified atom stereocenters. The second kappa shape index (κ2) is 7.99. The smallest absolute Gasteiger partial charge is 0.274 e. The van der Waals surface area contributed by atoms with Crippen molar-refractivity contribution in [2.75, 3.05) is 30.4 Å². The molecule has 1 aliphatic rings. The zero-order valence-corrected chi connectivity index (χ0v) is 15.7. The largest absolute Gasteiger partial charge is 0.368 e. The lowest BCUT2D eigenvalue weighted by Gasteiger charge is -2.22. The van der Waals surface area contributed by atoms with E-state index in [0.29, 0.717) is 30.8 Å². The van der Waals surface area contributed by atoms with Crippen molar-refractivity contribution in [3.05, 3.63) is 53.7 Å². The van der Waals surface area contributed by atoms with E-state index in [1.807, 2.05) is 0 Å². The summed E-state index contributed by atoms with van der Waals surface area (Å²) in [6.07, 6.45) is 3.73. The molecular weight excluding hydrogens is 371 g/mol. The Morgan fingerprint density at radius 1 is 1.30 bits per heavy atom. The summed E-state index contributed by atoms with van der Waals surface area (Å²) < 4.78 is 36.7. The average Bonchev–Trinajstić information content (AvgIpc) is 3.02. The van der Waals surface area contributed by atoms with Crippen LogP contribution >= 0.6 is 0 Å². The van der Waals surface area contributed by atoms with E-state index in [4.69, 9.17) is 0 Å². The maximum absolute atomic E-state index is 13.6. The number of hydrogen-bond acceptors (Lipinski definition) is 6. The molecule has 9 heteroatoms. The summed E-state index contributed by atoms with van der Waals surface area (Å²) in [7, 11) is -1.49. The van der Waals surface area contributed by atoms with Gasteiger partial charge in [0.05, 0.1) is 23.9 Å². The van der Waals surface area contributed by atoms with Gasteiger partial charge in [0.25, 0.3) is 5.91 Å². The molecule has 0 saturated carbocycles. The van der Waals surface area contributed by atoms with Gasteiger partial charge in [-0.3, -0.25) is 4.79 Å². The van der Waals surface area contributed by atoms with Crippen LogP contribution in [0, 0.1) is 5.82 Å². The Labute approximate surface area is 157 Å². The highest BCUT2D eigenvalue weighted by Crippen LogP contribution is 2.18. The Balaban J connectivity index is 1.55. The number of aromatic nitrogens is 2. The number of nitrogens with one attached hydrogen (secondary N) is 1. The zero-order chi connectivity index (χ0) is 19.4. The van der Waals surface area contributed by atoms with Crippen molar-refractivity contribution in [1.82, 2.24) is 14.9 Å². The molecule has 1 aromatic carbocycles. The summed E-state index contributed by atoms with van der Waals surface area (Å²) in [6, 6.07) is 6.24. The molecule has 1 fully saturated rings. The van der Waals surface area contributed by atoms with Gasteiger partial charge in [-0.25, -0.2) is 22.8 Å². The number of hydrogen-bond donors (Lipinski definition) is 1. The van der Waals surface area contributed by atoms with Crippen LogP contribution in [0.2, 0.25) is 0 Å². The van der Waals surface area contributed by atoms with Gasteiger partial charge in [0, 0.05) is 19.6 Å². The summed E-state index contributed by atoms with van der Waals surface area (Å²) in [6.45, 7) is 0.475. The topological polar surface area (TPSA) is 92.3 Å². The van der Waals surface area contributed by atoms with Crippen molar-refractivity contribution >= 4 is 21.6 Å². The van der Waals surface area contributed by atoms with Crippen molar-refractivity contribution in [3.8, 4) is 0 Å². The Bertz CT molecular complexity index is 918. The standard InChI is InChI=1S/C18H21FN4O3S/c1-23(14-7-9-27(25,26)12-14)18(24)16-10-22-17(11-21-16)20-8-6-13-4-2-3-5-15(13)19/h2-5,10-11,14H,6-9,12H2,1H3,(H,20,22). The Hall–Kier alpha value is -2.55. The molecule has 1 amide bonds. The van der Waals surface area contributed by atoms with E-state index in [2.05, 4.69) is 15.3 Å². The van der Waals surface area contributed by atoms with Crippen LogP contribution in [0.25, 0.3) is 0 Å². The van der Waals surface area contributed by atoms with Crippen LogP contribution in [0.1, 0.15) is 22.5 Å². The maximum Gasteiger partial charge on any atom is 0.274 e. The van der Waals surface area contributed by atoms with Crippen LogP contribution < -0.4 is 5.32 Å². The number of carbonyl (C=O) groups excluding carboxylic acids is 1. The second-order valence-corrected chi connectivity index (χ2v) is 8.76. The molecule has 27 heavy (non-hydrogen) atoms. The van der Waals surface area contributed by atoms with Crippen molar-refractivity contribution in [2.24, 2.45) is 0 Å². The fourth-order valence-electron chi connectivity index (χ4n) is 2.98. The number of sulfone groups is 1. The highest BCUT2D eigenvalue weighted by atomic mass is 32.2. The molecule has 0 spiro atoms. The van der Waals surface area contributed by atoms with Gasteiger partial charge >= 0.3 is 0 Å². The fourth-order valence-corrected chi connectivity index (χ4v) is 4.76. The van der Waals surface area contributed by atoms with Gasteiger partial charge < -0.3 is 10.2 Å². The van der Waals surface area contributed by atoms with Gasteiger partial charge in [-0.1, -0.05) is 18.2 Å². The van der Waals surface area contributed by atoms with Crippen LogP contribution in [0.5, 0.6) is 0 Å². The van der Waals surface area contributed by atoms with Gasteiger partial charge in [0.2, 0.25) is 0 Å². The van der Waals surface area contributed by atoms with Gasteiger partial charge in [0.15, 0.2) is 9.84 Å². The molecule has 2 aromatic rings. The number of rotatable bonds is 6. The highest BCUT2D eigenvalue weighted by Gasteiger charge is 2.33. The first-order valence-corrected chi connectivity index (χ1v) is 10.4. The molecule has 1 atom stereocenters. The van der Waals surface area contributed by atoms with E-state index in [0.717, 1.165) is 0 Å². The zero-order valence-electron chi connectivity index (χ0n) is 14.9. The van der Waals surface area contributed by atoms with Crippen molar-refractivity contribution in [3.63, 3.8) is 0 Å². The lowest BCUT2D eigenvalue weighted by molar-refractivity contribution is 0.0741. The van der Waals surface area contributed by atoms with Gasteiger partial charge in [-0.15, -0.1) is 0 Å². The van der Waals surface area contributed by atoms with Crippen LogP contribution in [0.4, 0.5) is 10.2 Å². The van der Waals surface area contributed by atoms with Gasteiger partial charge in [0.1, 0.15) is 17.3 Å². The average molecular weight is 392 g/mol. The highest BCUT2D eigenvalue weighted by molar-refractivity contribution is 7.91. The minimum absolute atomic E-state index is 0.0155. The lowest BCUT2D eigenvalue weighted by Crippen LogP contribution is -2.38. The molecule has 1 aliphatic heterocycles. The quantitative estimate of drug-likeness (QED) is 0.802. The number of benzene rings is 1. The molecule has 0 bridgehead atoms. The molecule has 7 nitrogen and oxygen atoms in total. The number of nitrogens with zero attached hydrogens (tertiary/aromatic N) is 3. The summed E-state index contributed by atoms with van der Waals surface area (Å²) in [4.78, 5) is 22.1. The fraction of sp³-hybridized carbons (Fsp3) is 0.389. The minimum atomic E-state index is -3.07. The molecule has 3 rings (SSSR count). The monoisotopic (exact) mass is 392 g/mol. The first kappa shape index (κ1) is 19.2. The maximum atomic E-state index is 13.6. The van der Waals surface area contributed by atoms with Crippen LogP contribution in [0.3, 0.4) is 0 Å². The first-order valence-electron chi connectivity index (χ1n) is 8.62. The predicted molar refractivity (Wildman–Crippen MR) is 99.8 cm³/mol. The minimum Gasteiger partial charge on any atom is -0.368 e. The molecular formula is C18H21FN4O3S.